The number of nitrogens with zero attached hydrogens (tertiary/aromatic N) is 6. The molecule has 0 aliphatic rings. The SMILES string of the molecule is CNCCC(Oc1ccc(C#N)cc1-n1nc2c(N(C)C)nnc(C)c2c1C)c1ccccc1. The molecule has 4 aromatic rings. The number of hydrogen-bond donors (Lipinski definition) is 1. The Kier molecular flexibility index (Phi) is 6.75. The van der Waals surface area contributed by atoms with Crippen molar-refractivity contribution in [3.8, 4) is 17.5 Å². The predicted molar refractivity (Wildman–Crippen MR) is 134 cm³/mol. The molecular weight excluding hydrogens is 426 g/mol. The Bertz CT molecular complexity index is 1340. The quantitative estimate of drug-likeness (QED) is 0.428. The third-order valence-electron chi connectivity index (χ3n) is 5.82. The van der Waals surface area contributed by atoms with Crippen molar-refractivity contribution in [2.45, 2.75) is 26.4 Å². The van der Waals surface area contributed by atoms with Crippen LogP contribution in [0.25, 0.3) is 16.6 Å². The number of hydrogen-bond acceptors (Lipinski definition) is 7. The van der Waals surface area contributed by atoms with Gasteiger partial charge in [0.1, 0.15) is 23.1 Å². The minimum Gasteiger partial charge on any atom is -0.483 e. The number of anilines is 1. The number of ether oxygens (including phenoxy) is 1. The minimum atomic E-state index is -0.159. The van der Waals surface area contributed by atoms with Crippen LogP contribution in [0, 0.1) is 25.2 Å². The molecule has 0 bridgehead atoms. The van der Waals surface area contributed by atoms with Gasteiger partial charge in [-0.2, -0.15) is 15.5 Å². The average Bonchev–Trinajstić information content (AvgIpc) is 3.20. The largest absolute Gasteiger partial charge is 0.483 e. The summed E-state index contributed by atoms with van der Waals surface area (Å²) in [5.74, 6) is 1.35. The molecule has 174 valence electrons. The number of nitriles is 1. The number of benzene rings is 2. The fourth-order valence-electron chi connectivity index (χ4n) is 4.09. The first-order valence-electron chi connectivity index (χ1n) is 11.2. The maximum atomic E-state index is 9.59. The van der Waals surface area contributed by atoms with Gasteiger partial charge in [-0.25, -0.2) is 4.68 Å². The van der Waals surface area contributed by atoms with Gasteiger partial charge in [-0.3, -0.25) is 0 Å². The second kappa shape index (κ2) is 9.89. The average molecular weight is 456 g/mol. The van der Waals surface area contributed by atoms with Crippen molar-refractivity contribution in [3.63, 3.8) is 0 Å². The highest BCUT2D eigenvalue weighted by molar-refractivity contribution is 5.92. The highest BCUT2D eigenvalue weighted by Crippen LogP contribution is 2.34. The van der Waals surface area contributed by atoms with E-state index < -0.39 is 0 Å². The van der Waals surface area contributed by atoms with Gasteiger partial charge >= 0.3 is 0 Å². The van der Waals surface area contributed by atoms with Gasteiger partial charge in [-0.1, -0.05) is 30.3 Å². The van der Waals surface area contributed by atoms with E-state index in [4.69, 9.17) is 9.84 Å². The van der Waals surface area contributed by atoms with Crippen LogP contribution in [-0.2, 0) is 0 Å². The van der Waals surface area contributed by atoms with Gasteiger partial charge in [0.2, 0.25) is 0 Å². The standard InChI is InChI=1S/C26H29N7O/c1-17-24-18(2)33(31-25(24)26(30-29-17)32(4)5)21-15-19(16-27)11-12-23(21)34-22(13-14-28-3)20-9-7-6-8-10-20/h6-12,15,22,28H,13-14H2,1-5H3. The van der Waals surface area contributed by atoms with Gasteiger partial charge in [0, 0.05) is 20.5 Å². The number of aromatic nitrogens is 4. The van der Waals surface area contributed by atoms with E-state index in [1.165, 1.54) is 0 Å². The van der Waals surface area contributed by atoms with E-state index in [0.29, 0.717) is 22.8 Å². The van der Waals surface area contributed by atoms with Gasteiger partial charge < -0.3 is 15.0 Å². The molecule has 0 saturated heterocycles. The van der Waals surface area contributed by atoms with Gasteiger partial charge in [0.25, 0.3) is 0 Å². The molecule has 0 aliphatic heterocycles. The molecule has 0 saturated carbocycles. The van der Waals surface area contributed by atoms with Crippen LogP contribution in [0.2, 0.25) is 0 Å². The summed E-state index contributed by atoms with van der Waals surface area (Å²) in [5, 5.41) is 27.3. The number of aryl methyl sites for hydroxylation is 2. The van der Waals surface area contributed by atoms with Crippen molar-refractivity contribution in [1.82, 2.24) is 25.3 Å². The summed E-state index contributed by atoms with van der Waals surface area (Å²) in [5.41, 5.74) is 4.82. The fraction of sp³-hybridized carbons (Fsp3) is 0.308. The minimum absolute atomic E-state index is 0.159. The van der Waals surface area contributed by atoms with Crippen LogP contribution in [0.1, 0.15) is 35.0 Å². The lowest BCUT2D eigenvalue weighted by atomic mass is 10.1. The fourth-order valence-corrected chi connectivity index (χ4v) is 4.09. The van der Waals surface area contributed by atoms with Crippen LogP contribution in [0.15, 0.2) is 48.5 Å². The molecule has 2 aromatic heterocycles. The van der Waals surface area contributed by atoms with Gasteiger partial charge in [0.15, 0.2) is 5.82 Å². The van der Waals surface area contributed by atoms with Crippen LogP contribution < -0.4 is 15.0 Å². The first-order chi connectivity index (χ1) is 16.4. The van der Waals surface area contributed by atoms with E-state index in [2.05, 4.69) is 33.7 Å². The Balaban J connectivity index is 1.87. The molecule has 0 amide bonds. The number of fused-ring (bicyclic) bond motifs is 1. The molecule has 0 radical (unpaired) electrons. The van der Waals surface area contributed by atoms with E-state index in [1.807, 2.05) is 74.9 Å². The lowest BCUT2D eigenvalue weighted by molar-refractivity contribution is 0.194. The predicted octanol–water partition coefficient (Wildman–Crippen LogP) is 4.10. The summed E-state index contributed by atoms with van der Waals surface area (Å²) in [7, 11) is 5.77. The Labute approximate surface area is 199 Å². The van der Waals surface area contributed by atoms with Crippen LogP contribution in [0.5, 0.6) is 5.75 Å². The van der Waals surface area contributed by atoms with Crippen LogP contribution >= 0.6 is 0 Å². The van der Waals surface area contributed by atoms with Crippen molar-refractivity contribution in [2.75, 3.05) is 32.6 Å². The number of rotatable bonds is 8. The Hall–Kier alpha value is -3.96. The second-order valence-corrected chi connectivity index (χ2v) is 8.43. The first kappa shape index (κ1) is 23.2. The lowest BCUT2D eigenvalue weighted by Crippen LogP contribution is -2.17. The van der Waals surface area contributed by atoms with Crippen molar-refractivity contribution >= 4 is 16.7 Å². The van der Waals surface area contributed by atoms with E-state index in [1.54, 1.807) is 6.07 Å². The third kappa shape index (κ3) is 4.43. The molecule has 34 heavy (non-hydrogen) atoms. The molecule has 0 aliphatic carbocycles. The van der Waals surface area contributed by atoms with Crippen molar-refractivity contribution < 1.29 is 4.74 Å². The summed E-state index contributed by atoms with van der Waals surface area (Å²) in [6.07, 6.45) is 0.630. The zero-order valence-corrected chi connectivity index (χ0v) is 20.2. The van der Waals surface area contributed by atoms with Crippen molar-refractivity contribution in [1.29, 1.82) is 5.26 Å². The van der Waals surface area contributed by atoms with E-state index in [0.717, 1.165) is 40.8 Å². The van der Waals surface area contributed by atoms with Gasteiger partial charge in [-0.05, 0) is 51.2 Å². The third-order valence-corrected chi connectivity index (χ3v) is 5.82. The Morgan fingerprint density at radius 3 is 2.56 bits per heavy atom. The summed E-state index contributed by atoms with van der Waals surface area (Å²) < 4.78 is 8.43. The summed E-state index contributed by atoms with van der Waals surface area (Å²) >= 11 is 0. The summed E-state index contributed by atoms with van der Waals surface area (Å²) in [4.78, 5) is 1.90. The molecule has 2 heterocycles. The van der Waals surface area contributed by atoms with Crippen molar-refractivity contribution in [2.24, 2.45) is 0 Å². The normalized spacial score (nSPS) is 11.9. The molecule has 2 aromatic carbocycles. The monoisotopic (exact) mass is 455 g/mol. The Morgan fingerprint density at radius 2 is 1.88 bits per heavy atom. The molecule has 1 atom stereocenters. The molecule has 0 spiro atoms. The highest BCUT2D eigenvalue weighted by Gasteiger charge is 2.22. The maximum Gasteiger partial charge on any atom is 0.179 e. The topological polar surface area (TPSA) is 91.9 Å². The van der Waals surface area contributed by atoms with E-state index in [9.17, 15) is 5.26 Å². The van der Waals surface area contributed by atoms with Gasteiger partial charge in [0.05, 0.1) is 28.4 Å². The van der Waals surface area contributed by atoms with E-state index in [-0.39, 0.29) is 6.10 Å². The summed E-state index contributed by atoms with van der Waals surface area (Å²) in [6.45, 7) is 4.74. The molecule has 1 N–H and O–H groups in total. The highest BCUT2D eigenvalue weighted by atomic mass is 16.5. The molecule has 8 heteroatoms. The molecule has 4 rings (SSSR count). The molecule has 1 unspecified atom stereocenters. The molecule has 8 nitrogen and oxygen atoms in total. The Morgan fingerprint density at radius 1 is 1.12 bits per heavy atom. The smallest absolute Gasteiger partial charge is 0.179 e. The van der Waals surface area contributed by atoms with Crippen molar-refractivity contribution in [3.05, 3.63) is 71.0 Å². The van der Waals surface area contributed by atoms with E-state index >= 15 is 0 Å². The zero-order chi connectivity index (χ0) is 24.2. The van der Waals surface area contributed by atoms with Crippen LogP contribution in [0.4, 0.5) is 5.82 Å². The first-order valence-corrected chi connectivity index (χ1v) is 11.2. The number of nitrogens with one attached hydrogen (secondary N) is 1. The second-order valence-electron chi connectivity index (χ2n) is 8.43. The lowest BCUT2D eigenvalue weighted by Gasteiger charge is -2.22. The zero-order valence-electron chi connectivity index (χ0n) is 20.2. The van der Waals surface area contributed by atoms with Gasteiger partial charge in [-0.15, -0.1) is 5.10 Å². The molecular formula is C26H29N7O. The van der Waals surface area contributed by atoms with Crippen LogP contribution in [0.3, 0.4) is 0 Å². The summed E-state index contributed by atoms with van der Waals surface area (Å²) in [6, 6.07) is 17.9. The maximum absolute atomic E-state index is 9.59. The van der Waals surface area contributed by atoms with Crippen LogP contribution in [-0.4, -0.2) is 47.7 Å². The molecule has 0 fully saturated rings.